The Balaban J connectivity index is 1.06. The molecule has 0 bridgehead atoms. The maximum atomic E-state index is 15.1. The summed E-state index contributed by atoms with van der Waals surface area (Å²) in [6, 6.07) is 9.31. The zero-order valence-corrected chi connectivity index (χ0v) is 23.0. The van der Waals surface area contributed by atoms with Gasteiger partial charge in [0.05, 0.1) is 24.6 Å². The average Bonchev–Trinajstić information content (AvgIpc) is 3.75. The Morgan fingerprint density at radius 3 is 2.39 bits per heavy atom. The number of anilines is 2. The average molecular weight is 561 g/mol. The molecule has 3 aromatic heterocycles. The lowest BCUT2D eigenvalue weighted by Gasteiger charge is -2.34. The molecule has 3 fully saturated rings. The minimum atomic E-state index is -0.570. The molecular weight excluding hydrogens is 526 g/mol. The van der Waals surface area contributed by atoms with Crippen LogP contribution in [0.15, 0.2) is 48.9 Å². The third kappa shape index (κ3) is 5.94. The standard InChI is InChI=1S/C30H34F2N8O/c31-27-16-25(17-28(32)26(27)20-38-11-13-41-14-12-38)40-6-4-21-18-34-30(36-29(21)40)35-22-3-5-33-23(15-22)19-37-7-9-39(10-8-37)24-1-2-24/h3-6,15-18,24H,1-2,7-14,19-20H2,(H,33,34,35,36). The molecule has 0 amide bonds. The first kappa shape index (κ1) is 26.4. The minimum absolute atomic E-state index is 0.0716. The number of halogens is 2. The molecule has 11 heteroatoms. The normalized spacial score (nSPS) is 19.2. The lowest BCUT2D eigenvalue weighted by molar-refractivity contribution is 0.0332. The molecule has 0 unspecified atom stereocenters. The topological polar surface area (TPSA) is 74.6 Å². The van der Waals surface area contributed by atoms with Gasteiger partial charge in [0.1, 0.15) is 17.3 Å². The summed E-state index contributed by atoms with van der Waals surface area (Å²) in [6.07, 6.45) is 7.96. The van der Waals surface area contributed by atoms with Crippen LogP contribution in [0.5, 0.6) is 0 Å². The molecule has 0 spiro atoms. The van der Waals surface area contributed by atoms with E-state index in [1.165, 1.54) is 25.0 Å². The summed E-state index contributed by atoms with van der Waals surface area (Å²) >= 11 is 0. The summed E-state index contributed by atoms with van der Waals surface area (Å²) in [4.78, 5) is 20.8. The van der Waals surface area contributed by atoms with Crippen LogP contribution in [0.25, 0.3) is 16.7 Å². The first-order valence-electron chi connectivity index (χ1n) is 14.4. The van der Waals surface area contributed by atoms with Crippen LogP contribution in [-0.4, -0.2) is 92.7 Å². The Kier molecular flexibility index (Phi) is 7.34. The van der Waals surface area contributed by atoms with E-state index in [9.17, 15) is 0 Å². The number of hydrogen-bond donors (Lipinski definition) is 1. The number of piperazine rings is 1. The van der Waals surface area contributed by atoms with Crippen molar-refractivity contribution >= 4 is 22.7 Å². The van der Waals surface area contributed by atoms with Gasteiger partial charge in [0.15, 0.2) is 0 Å². The van der Waals surface area contributed by atoms with Crippen molar-refractivity contribution in [3.05, 3.63) is 71.8 Å². The van der Waals surface area contributed by atoms with Crippen molar-refractivity contribution in [2.24, 2.45) is 0 Å². The maximum absolute atomic E-state index is 15.1. The second-order valence-electron chi connectivity index (χ2n) is 11.1. The molecule has 2 aliphatic heterocycles. The maximum Gasteiger partial charge on any atom is 0.229 e. The predicted octanol–water partition coefficient (Wildman–Crippen LogP) is 3.95. The van der Waals surface area contributed by atoms with Crippen molar-refractivity contribution in [2.45, 2.75) is 32.0 Å². The highest BCUT2D eigenvalue weighted by molar-refractivity contribution is 5.78. The van der Waals surface area contributed by atoms with Crippen LogP contribution in [0, 0.1) is 11.6 Å². The van der Waals surface area contributed by atoms with Crippen LogP contribution >= 0.6 is 0 Å². The number of fused-ring (bicyclic) bond motifs is 1. The zero-order valence-electron chi connectivity index (χ0n) is 23.0. The monoisotopic (exact) mass is 560 g/mol. The van der Waals surface area contributed by atoms with Crippen molar-refractivity contribution in [1.29, 1.82) is 0 Å². The van der Waals surface area contributed by atoms with Crippen molar-refractivity contribution in [2.75, 3.05) is 57.8 Å². The number of nitrogens with zero attached hydrogens (tertiary/aromatic N) is 7. The van der Waals surface area contributed by atoms with Crippen LogP contribution in [-0.2, 0) is 17.8 Å². The molecule has 2 saturated heterocycles. The molecule has 3 aliphatic rings. The van der Waals surface area contributed by atoms with Crippen LogP contribution in [0.4, 0.5) is 20.4 Å². The largest absolute Gasteiger partial charge is 0.379 e. The van der Waals surface area contributed by atoms with E-state index >= 15 is 8.78 Å². The van der Waals surface area contributed by atoms with Crippen LogP contribution in [0.1, 0.15) is 24.1 Å². The van der Waals surface area contributed by atoms with E-state index in [1.807, 2.05) is 23.1 Å². The molecule has 0 atom stereocenters. The summed E-state index contributed by atoms with van der Waals surface area (Å²) < 4.78 is 37.3. The number of pyridine rings is 1. The molecule has 5 heterocycles. The van der Waals surface area contributed by atoms with E-state index in [4.69, 9.17) is 9.72 Å². The lowest BCUT2D eigenvalue weighted by Crippen LogP contribution is -2.46. The Hall–Kier alpha value is -3.51. The Labute approximate surface area is 237 Å². The van der Waals surface area contributed by atoms with Crippen LogP contribution < -0.4 is 5.32 Å². The summed E-state index contributed by atoms with van der Waals surface area (Å²) in [5.41, 5.74) is 2.84. The van der Waals surface area contributed by atoms with E-state index in [1.54, 1.807) is 23.2 Å². The number of morpholine rings is 1. The molecular formula is C30H34F2N8O. The van der Waals surface area contributed by atoms with E-state index in [0.717, 1.165) is 55.5 Å². The number of nitrogens with one attached hydrogen (secondary N) is 1. The highest BCUT2D eigenvalue weighted by atomic mass is 19.1. The van der Waals surface area contributed by atoms with E-state index in [-0.39, 0.29) is 12.1 Å². The molecule has 9 nitrogen and oxygen atoms in total. The molecule has 7 rings (SSSR count). The van der Waals surface area contributed by atoms with Gasteiger partial charge in [0.25, 0.3) is 0 Å². The summed E-state index contributed by atoms with van der Waals surface area (Å²) in [7, 11) is 0. The van der Waals surface area contributed by atoms with Gasteiger partial charge in [-0.1, -0.05) is 0 Å². The first-order chi connectivity index (χ1) is 20.1. The SMILES string of the molecule is Fc1cc(-n2ccc3cnc(Nc4ccnc(CN5CCN(C6CC6)CC5)c4)nc32)cc(F)c1CN1CCOCC1. The second-order valence-corrected chi connectivity index (χ2v) is 11.1. The van der Waals surface area contributed by atoms with Crippen molar-refractivity contribution in [3.8, 4) is 5.69 Å². The number of hydrogen-bond acceptors (Lipinski definition) is 8. The molecule has 4 aromatic rings. The van der Waals surface area contributed by atoms with Gasteiger partial charge < -0.3 is 14.6 Å². The molecule has 1 saturated carbocycles. The van der Waals surface area contributed by atoms with E-state index < -0.39 is 11.6 Å². The number of aromatic nitrogens is 4. The van der Waals surface area contributed by atoms with Crippen LogP contribution in [0.3, 0.4) is 0 Å². The molecule has 1 aliphatic carbocycles. The van der Waals surface area contributed by atoms with E-state index in [0.29, 0.717) is 43.6 Å². The molecule has 214 valence electrons. The molecule has 1 N–H and O–H groups in total. The third-order valence-corrected chi connectivity index (χ3v) is 8.25. The van der Waals surface area contributed by atoms with Gasteiger partial charge in [-0.05, 0) is 43.2 Å². The van der Waals surface area contributed by atoms with Gasteiger partial charge in [0.2, 0.25) is 5.95 Å². The Morgan fingerprint density at radius 1 is 0.878 bits per heavy atom. The smallest absolute Gasteiger partial charge is 0.229 e. The van der Waals surface area contributed by atoms with Gasteiger partial charge >= 0.3 is 0 Å². The van der Waals surface area contributed by atoms with Gasteiger partial charge in [-0.2, -0.15) is 4.98 Å². The van der Waals surface area contributed by atoms with Crippen molar-refractivity contribution in [1.82, 2.24) is 34.2 Å². The third-order valence-electron chi connectivity index (χ3n) is 8.25. The molecule has 1 aromatic carbocycles. The van der Waals surface area contributed by atoms with Crippen LogP contribution in [0.2, 0.25) is 0 Å². The Morgan fingerprint density at radius 2 is 1.63 bits per heavy atom. The highest BCUT2D eigenvalue weighted by Gasteiger charge is 2.31. The summed E-state index contributed by atoms with van der Waals surface area (Å²) in [5, 5.41) is 4.06. The summed E-state index contributed by atoms with van der Waals surface area (Å²) in [5.74, 6) is -0.740. The summed E-state index contributed by atoms with van der Waals surface area (Å²) in [6.45, 7) is 7.85. The fourth-order valence-electron chi connectivity index (χ4n) is 5.78. The quantitative estimate of drug-likeness (QED) is 0.347. The van der Waals surface area contributed by atoms with Crippen molar-refractivity contribution in [3.63, 3.8) is 0 Å². The number of rotatable bonds is 8. The predicted molar refractivity (Wildman–Crippen MR) is 152 cm³/mol. The second kappa shape index (κ2) is 11.4. The minimum Gasteiger partial charge on any atom is -0.379 e. The van der Waals surface area contributed by atoms with E-state index in [2.05, 4.69) is 25.1 Å². The van der Waals surface area contributed by atoms with Gasteiger partial charge in [-0.3, -0.25) is 19.7 Å². The fourth-order valence-corrected chi connectivity index (χ4v) is 5.78. The molecule has 41 heavy (non-hydrogen) atoms. The fraction of sp³-hybridized carbons (Fsp3) is 0.433. The van der Waals surface area contributed by atoms with Gasteiger partial charge in [-0.25, -0.2) is 13.8 Å². The highest BCUT2D eigenvalue weighted by Crippen LogP contribution is 2.28. The lowest BCUT2D eigenvalue weighted by atomic mass is 10.1. The van der Waals surface area contributed by atoms with Gasteiger partial charge in [0, 0.05) is 93.6 Å². The first-order valence-corrected chi connectivity index (χ1v) is 14.4. The van der Waals surface area contributed by atoms with Gasteiger partial charge in [-0.15, -0.1) is 0 Å². The number of benzene rings is 1. The zero-order chi connectivity index (χ0) is 27.8. The van der Waals surface area contributed by atoms with Crippen molar-refractivity contribution < 1.29 is 13.5 Å². The number of ether oxygens (including phenoxy) is 1. The molecule has 0 radical (unpaired) electrons. The Bertz CT molecular complexity index is 1500.